The van der Waals surface area contributed by atoms with E-state index in [0.717, 1.165) is 21.0 Å². The van der Waals surface area contributed by atoms with Gasteiger partial charge >= 0.3 is 5.69 Å². The Bertz CT molecular complexity index is 1760. The van der Waals surface area contributed by atoms with Crippen LogP contribution >= 0.6 is 0 Å². The highest BCUT2D eigenvalue weighted by atomic mass is 16.7. The fourth-order valence-corrected chi connectivity index (χ4v) is 4.85. The van der Waals surface area contributed by atoms with Crippen LogP contribution in [0.3, 0.4) is 0 Å². The third kappa shape index (κ3) is 3.38. The highest BCUT2D eigenvalue weighted by Gasteiger charge is 2.27. The lowest BCUT2D eigenvalue weighted by atomic mass is 10.1. The molecule has 0 amide bonds. The summed E-state index contributed by atoms with van der Waals surface area (Å²) in [5.41, 5.74) is 2.73. The van der Waals surface area contributed by atoms with Gasteiger partial charge in [0.15, 0.2) is 17.1 Å². The number of ether oxygens (including phenoxy) is 2. The van der Waals surface area contributed by atoms with Crippen molar-refractivity contribution in [2.24, 2.45) is 13.0 Å². The molecule has 36 heavy (non-hydrogen) atoms. The number of aromatic nitrogens is 5. The first kappa shape index (κ1) is 22.1. The second kappa shape index (κ2) is 8.37. The molecule has 182 valence electrons. The molecule has 9 heteroatoms. The lowest BCUT2D eigenvalue weighted by Gasteiger charge is -2.12. The van der Waals surface area contributed by atoms with Gasteiger partial charge in [0.25, 0.3) is 5.56 Å². The number of fused-ring (bicyclic) bond motifs is 3. The van der Waals surface area contributed by atoms with Crippen molar-refractivity contribution in [2.75, 3.05) is 6.79 Å². The summed E-state index contributed by atoms with van der Waals surface area (Å²) < 4.78 is 16.0. The summed E-state index contributed by atoms with van der Waals surface area (Å²) in [6, 6.07) is 15.4. The number of hydrogen-bond donors (Lipinski definition) is 0. The van der Waals surface area contributed by atoms with E-state index in [9.17, 15) is 9.59 Å². The second-order valence-electron chi connectivity index (χ2n) is 9.38. The Morgan fingerprint density at radius 3 is 2.69 bits per heavy atom. The fraction of sp³-hybridized carbons (Fsp3) is 0.259. The Kier molecular flexibility index (Phi) is 5.13. The van der Waals surface area contributed by atoms with Gasteiger partial charge in [0.1, 0.15) is 5.39 Å². The summed E-state index contributed by atoms with van der Waals surface area (Å²) in [7, 11) is 1.51. The molecule has 0 saturated carbocycles. The molecule has 0 unspecified atom stereocenters. The zero-order chi connectivity index (χ0) is 25.0. The van der Waals surface area contributed by atoms with Crippen LogP contribution in [0.2, 0.25) is 0 Å². The van der Waals surface area contributed by atoms with Gasteiger partial charge in [-0.2, -0.15) is 5.10 Å². The second-order valence-corrected chi connectivity index (χ2v) is 9.38. The van der Waals surface area contributed by atoms with Gasteiger partial charge in [-0.1, -0.05) is 38.1 Å². The maximum Gasteiger partial charge on any atom is 0.332 e. The molecule has 6 rings (SSSR count). The van der Waals surface area contributed by atoms with Crippen LogP contribution in [0.25, 0.3) is 33.2 Å². The topological polar surface area (TPSA) is 93.2 Å². The van der Waals surface area contributed by atoms with E-state index in [4.69, 9.17) is 14.6 Å². The fourth-order valence-electron chi connectivity index (χ4n) is 4.85. The maximum absolute atomic E-state index is 13.6. The van der Waals surface area contributed by atoms with Crippen molar-refractivity contribution in [3.63, 3.8) is 0 Å². The molecule has 0 aliphatic carbocycles. The molecule has 0 atom stereocenters. The van der Waals surface area contributed by atoms with Crippen LogP contribution < -0.4 is 20.7 Å². The lowest BCUT2D eigenvalue weighted by molar-refractivity contribution is 0.174. The lowest BCUT2D eigenvalue weighted by Crippen LogP contribution is -2.38. The summed E-state index contributed by atoms with van der Waals surface area (Å²) >= 11 is 0. The van der Waals surface area contributed by atoms with Gasteiger partial charge in [-0.05, 0) is 35.7 Å². The Balaban J connectivity index is 1.69. The van der Waals surface area contributed by atoms with Crippen molar-refractivity contribution in [2.45, 2.75) is 26.9 Å². The van der Waals surface area contributed by atoms with E-state index in [1.165, 1.54) is 7.05 Å². The zero-order valence-corrected chi connectivity index (χ0v) is 20.3. The van der Waals surface area contributed by atoms with Crippen LogP contribution in [0.1, 0.15) is 19.4 Å². The van der Waals surface area contributed by atoms with Gasteiger partial charge in [-0.3, -0.25) is 23.6 Å². The summed E-state index contributed by atoms with van der Waals surface area (Å²) in [6.07, 6.45) is 1.77. The first-order chi connectivity index (χ1) is 17.4. The Morgan fingerprint density at radius 2 is 1.86 bits per heavy atom. The van der Waals surface area contributed by atoms with E-state index in [2.05, 4.69) is 4.98 Å². The molecule has 0 bridgehead atoms. The van der Waals surface area contributed by atoms with Crippen molar-refractivity contribution in [1.29, 1.82) is 0 Å². The number of para-hydroxylation sites is 2. The van der Waals surface area contributed by atoms with Gasteiger partial charge < -0.3 is 9.47 Å². The zero-order valence-electron chi connectivity index (χ0n) is 20.3. The van der Waals surface area contributed by atoms with E-state index in [1.807, 2.05) is 62.4 Å². The summed E-state index contributed by atoms with van der Waals surface area (Å²) in [5.74, 6) is 1.35. The molecule has 0 saturated heterocycles. The molecule has 3 aromatic heterocycles. The maximum atomic E-state index is 13.6. The molecular formula is C27H25N5O4. The smallest absolute Gasteiger partial charge is 0.332 e. The number of rotatable bonds is 5. The van der Waals surface area contributed by atoms with Gasteiger partial charge in [0, 0.05) is 30.7 Å². The molecule has 9 nitrogen and oxygen atoms in total. The van der Waals surface area contributed by atoms with E-state index in [0.29, 0.717) is 46.9 Å². The molecule has 1 aliphatic heterocycles. The van der Waals surface area contributed by atoms with Crippen molar-refractivity contribution in [1.82, 2.24) is 23.9 Å². The van der Waals surface area contributed by atoms with Crippen LogP contribution in [0.15, 0.2) is 64.3 Å². The molecule has 2 aromatic carbocycles. The standard InChI is InChI=1S/C27H25N5O4/c1-16(2)13-31-25-22(26(33)30(3)27(31)34)23(19-8-6-10-21-24(19)36-15-35-21)32(29-25)14-17-11-12-28-20-9-5-4-7-18(17)20/h4-12,16H,13-15H2,1-3H3. The van der Waals surface area contributed by atoms with Crippen LogP contribution in [0.5, 0.6) is 11.5 Å². The Labute approximate surface area is 206 Å². The van der Waals surface area contributed by atoms with Crippen molar-refractivity contribution >= 4 is 21.9 Å². The quantitative estimate of drug-likeness (QED) is 0.380. The van der Waals surface area contributed by atoms with Crippen LogP contribution in [-0.2, 0) is 20.1 Å². The van der Waals surface area contributed by atoms with Crippen LogP contribution in [-0.4, -0.2) is 30.7 Å². The van der Waals surface area contributed by atoms with Gasteiger partial charge in [0.2, 0.25) is 6.79 Å². The Morgan fingerprint density at radius 1 is 1.03 bits per heavy atom. The number of pyridine rings is 1. The third-order valence-electron chi connectivity index (χ3n) is 6.48. The van der Waals surface area contributed by atoms with Crippen molar-refractivity contribution in [3.8, 4) is 22.8 Å². The highest BCUT2D eigenvalue weighted by Crippen LogP contribution is 2.43. The normalized spacial score (nSPS) is 12.8. The molecule has 0 N–H and O–H groups in total. The monoisotopic (exact) mass is 483 g/mol. The number of nitrogens with zero attached hydrogens (tertiary/aromatic N) is 5. The number of benzene rings is 2. The average molecular weight is 484 g/mol. The Hall–Kier alpha value is -4.40. The third-order valence-corrected chi connectivity index (χ3v) is 6.48. The van der Waals surface area contributed by atoms with E-state index >= 15 is 0 Å². The molecular weight excluding hydrogens is 458 g/mol. The molecule has 0 spiro atoms. The summed E-state index contributed by atoms with van der Waals surface area (Å²) in [5, 5.41) is 6.25. The van der Waals surface area contributed by atoms with E-state index < -0.39 is 5.56 Å². The molecule has 4 heterocycles. The van der Waals surface area contributed by atoms with Gasteiger partial charge in [-0.25, -0.2) is 4.79 Å². The van der Waals surface area contributed by atoms with Gasteiger partial charge in [-0.15, -0.1) is 0 Å². The van der Waals surface area contributed by atoms with E-state index in [1.54, 1.807) is 15.4 Å². The predicted octanol–water partition coefficient (Wildman–Crippen LogP) is 3.54. The summed E-state index contributed by atoms with van der Waals surface area (Å²) in [6.45, 7) is 4.96. The molecule has 0 radical (unpaired) electrons. The van der Waals surface area contributed by atoms with Crippen molar-refractivity contribution in [3.05, 3.63) is 81.1 Å². The van der Waals surface area contributed by atoms with Crippen molar-refractivity contribution < 1.29 is 9.47 Å². The minimum absolute atomic E-state index is 0.101. The molecule has 5 aromatic rings. The minimum Gasteiger partial charge on any atom is -0.454 e. The van der Waals surface area contributed by atoms with Crippen LogP contribution in [0.4, 0.5) is 0 Å². The first-order valence-corrected chi connectivity index (χ1v) is 11.9. The predicted molar refractivity (Wildman–Crippen MR) is 136 cm³/mol. The average Bonchev–Trinajstić information content (AvgIpc) is 3.50. The van der Waals surface area contributed by atoms with E-state index in [-0.39, 0.29) is 18.4 Å². The molecule has 0 fully saturated rings. The van der Waals surface area contributed by atoms with Crippen LogP contribution in [0, 0.1) is 5.92 Å². The molecule has 1 aliphatic rings. The largest absolute Gasteiger partial charge is 0.454 e. The SMILES string of the molecule is CC(C)Cn1c(=O)n(C)c(=O)c2c(-c3cccc4c3OCO4)n(Cc3ccnc4ccccc34)nc21. The minimum atomic E-state index is -0.396. The first-order valence-electron chi connectivity index (χ1n) is 11.9. The number of hydrogen-bond acceptors (Lipinski definition) is 6. The van der Waals surface area contributed by atoms with Gasteiger partial charge in [0.05, 0.1) is 17.8 Å². The summed E-state index contributed by atoms with van der Waals surface area (Å²) in [4.78, 5) is 31.2. The highest BCUT2D eigenvalue weighted by molar-refractivity contribution is 5.93.